The third-order valence-electron chi connectivity index (χ3n) is 3.66. The van der Waals surface area contributed by atoms with Crippen molar-refractivity contribution in [2.75, 3.05) is 13.2 Å². The first-order valence-corrected chi connectivity index (χ1v) is 8.21. The summed E-state index contributed by atoms with van der Waals surface area (Å²) in [5, 5.41) is 0. The molecule has 0 rings (SSSR count). The molecule has 0 spiro atoms. The molecule has 3 heteroatoms. The lowest BCUT2D eigenvalue weighted by Crippen LogP contribution is -2.14. The average molecular weight is 277 g/mol. The molecule has 0 aromatic heterocycles. The Balaban J connectivity index is 2.95. The van der Waals surface area contributed by atoms with Crippen LogP contribution in [0.1, 0.15) is 83.5 Å². The monoisotopic (exact) mass is 277 g/mol. The molecule has 1 unspecified atom stereocenters. The average Bonchev–Trinajstić information content (AvgIpc) is 2.43. The van der Waals surface area contributed by atoms with E-state index in [0.29, 0.717) is 6.42 Å². The van der Waals surface area contributed by atoms with Gasteiger partial charge in [-0.05, 0) is 12.8 Å². The Bertz CT molecular complexity index is 165. The maximum atomic E-state index is 12.8. The Morgan fingerprint density at radius 2 is 1.00 bits per heavy atom. The number of rotatable bonds is 15. The van der Waals surface area contributed by atoms with Crippen LogP contribution in [-0.2, 0) is 0 Å². The minimum absolute atomic E-state index is 0.158. The van der Waals surface area contributed by atoms with Crippen molar-refractivity contribution in [1.29, 1.82) is 0 Å². The minimum atomic E-state index is -0.794. The zero-order valence-electron chi connectivity index (χ0n) is 12.5. The predicted octanol–water partition coefficient (Wildman–Crippen LogP) is 5.32. The zero-order valence-corrected chi connectivity index (χ0v) is 12.5. The van der Waals surface area contributed by atoms with Crippen LogP contribution in [0.15, 0.2) is 0 Å². The molecule has 0 aromatic rings. The number of hydrogen-bond donors (Lipinski definition) is 1. The minimum Gasteiger partial charge on any atom is -0.328 e. The third kappa shape index (κ3) is 15.8. The lowest BCUT2D eigenvalue weighted by Gasteiger charge is -2.05. The van der Waals surface area contributed by atoms with Gasteiger partial charge in [0.25, 0.3) is 0 Å². The highest BCUT2D eigenvalue weighted by Gasteiger charge is 2.01. The van der Waals surface area contributed by atoms with Crippen LogP contribution in [0.25, 0.3) is 0 Å². The van der Waals surface area contributed by atoms with Crippen LogP contribution in [0.5, 0.6) is 0 Å². The molecule has 0 aromatic carbocycles. The van der Waals surface area contributed by atoms with Crippen molar-refractivity contribution in [2.45, 2.75) is 89.6 Å². The highest BCUT2D eigenvalue weighted by atomic mass is 19.1. The van der Waals surface area contributed by atoms with Crippen molar-refractivity contribution in [1.82, 2.24) is 0 Å². The molecule has 0 heterocycles. The summed E-state index contributed by atoms with van der Waals surface area (Å²) in [6, 6.07) is 0. The Kier molecular flexibility index (Phi) is 15.7. The second-order valence-corrected chi connectivity index (χ2v) is 5.55. The predicted molar refractivity (Wildman–Crippen MR) is 79.9 cm³/mol. The van der Waals surface area contributed by atoms with E-state index in [2.05, 4.69) is 0 Å². The number of hydrogen-bond acceptors (Lipinski definition) is 1. The summed E-state index contributed by atoms with van der Waals surface area (Å²) in [5.74, 6) is 0. The highest BCUT2D eigenvalue weighted by Crippen LogP contribution is 2.13. The van der Waals surface area contributed by atoms with Crippen molar-refractivity contribution < 1.29 is 8.78 Å². The Morgan fingerprint density at radius 1 is 0.632 bits per heavy atom. The third-order valence-corrected chi connectivity index (χ3v) is 3.66. The molecule has 0 radical (unpaired) electrons. The van der Waals surface area contributed by atoms with E-state index in [9.17, 15) is 8.78 Å². The van der Waals surface area contributed by atoms with Crippen molar-refractivity contribution >= 4 is 0 Å². The van der Waals surface area contributed by atoms with Crippen molar-refractivity contribution in [3.63, 3.8) is 0 Å². The van der Waals surface area contributed by atoms with Gasteiger partial charge in [0, 0.05) is 6.54 Å². The van der Waals surface area contributed by atoms with Crippen molar-refractivity contribution in [2.24, 2.45) is 5.73 Å². The van der Waals surface area contributed by atoms with Gasteiger partial charge in [0.05, 0.1) is 6.67 Å². The van der Waals surface area contributed by atoms with Gasteiger partial charge in [-0.2, -0.15) is 0 Å². The van der Waals surface area contributed by atoms with Crippen LogP contribution in [0.4, 0.5) is 8.78 Å². The molecule has 19 heavy (non-hydrogen) atoms. The molecule has 0 bridgehead atoms. The van der Waals surface area contributed by atoms with E-state index in [-0.39, 0.29) is 13.2 Å². The van der Waals surface area contributed by atoms with Crippen molar-refractivity contribution in [3.05, 3.63) is 0 Å². The topological polar surface area (TPSA) is 26.0 Å². The van der Waals surface area contributed by atoms with E-state index in [0.717, 1.165) is 25.7 Å². The number of alkyl halides is 2. The van der Waals surface area contributed by atoms with Gasteiger partial charge in [-0.3, -0.25) is 4.39 Å². The van der Waals surface area contributed by atoms with Crippen LogP contribution in [0, 0.1) is 0 Å². The van der Waals surface area contributed by atoms with E-state index in [1.54, 1.807) is 0 Å². The molecule has 0 amide bonds. The van der Waals surface area contributed by atoms with E-state index in [4.69, 9.17) is 5.73 Å². The fourth-order valence-electron chi connectivity index (χ4n) is 2.35. The summed E-state index contributed by atoms with van der Waals surface area (Å²) in [4.78, 5) is 0. The summed E-state index contributed by atoms with van der Waals surface area (Å²) >= 11 is 0. The van der Waals surface area contributed by atoms with Gasteiger partial charge in [0.2, 0.25) is 0 Å². The Labute approximate surface area is 118 Å². The van der Waals surface area contributed by atoms with Crippen LogP contribution in [0.3, 0.4) is 0 Å². The molecule has 1 atom stereocenters. The van der Waals surface area contributed by atoms with Gasteiger partial charge >= 0.3 is 0 Å². The molecule has 0 saturated heterocycles. The second kappa shape index (κ2) is 15.9. The maximum Gasteiger partial charge on any atom is 0.112 e. The smallest absolute Gasteiger partial charge is 0.112 e. The largest absolute Gasteiger partial charge is 0.328 e. The maximum absolute atomic E-state index is 12.8. The standard InChI is InChI=1S/C16H33F2N/c17-14-12-10-8-6-4-2-1-3-5-7-9-11-13-16(18)15-19/h16H,1-15,19H2. The SMILES string of the molecule is NCC(F)CCCCCCCCCCCCCCF. The number of halogens is 2. The lowest BCUT2D eigenvalue weighted by molar-refractivity contribution is 0.312. The normalized spacial score (nSPS) is 12.8. The molecule has 116 valence electrons. The van der Waals surface area contributed by atoms with Crippen LogP contribution in [-0.4, -0.2) is 19.4 Å². The lowest BCUT2D eigenvalue weighted by atomic mass is 10.0. The van der Waals surface area contributed by atoms with Gasteiger partial charge in [-0.25, -0.2) is 4.39 Å². The van der Waals surface area contributed by atoms with Crippen LogP contribution in [0.2, 0.25) is 0 Å². The molecule has 0 fully saturated rings. The Hall–Kier alpha value is -0.180. The number of nitrogens with two attached hydrogens (primary N) is 1. The quantitative estimate of drug-likeness (QED) is 0.403. The van der Waals surface area contributed by atoms with Crippen molar-refractivity contribution in [3.8, 4) is 0 Å². The highest BCUT2D eigenvalue weighted by molar-refractivity contribution is 4.56. The van der Waals surface area contributed by atoms with Gasteiger partial charge in [-0.1, -0.05) is 70.6 Å². The zero-order chi connectivity index (χ0) is 14.2. The molecule has 0 aliphatic rings. The van der Waals surface area contributed by atoms with Gasteiger partial charge in [-0.15, -0.1) is 0 Å². The van der Waals surface area contributed by atoms with Gasteiger partial charge in [0.15, 0.2) is 0 Å². The van der Waals surface area contributed by atoms with Gasteiger partial charge < -0.3 is 5.73 Å². The number of unbranched alkanes of at least 4 members (excludes halogenated alkanes) is 11. The molecule has 2 N–H and O–H groups in total. The van der Waals surface area contributed by atoms with Crippen LogP contribution >= 0.6 is 0 Å². The molecule has 0 aliphatic carbocycles. The first kappa shape index (κ1) is 18.8. The first-order valence-electron chi connectivity index (χ1n) is 8.21. The molecule has 0 saturated carbocycles. The second-order valence-electron chi connectivity index (χ2n) is 5.55. The molecular weight excluding hydrogens is 244 g/mol. The Morgan fingerprint density at radius 3 is 1.37 bits per heavy atom. The summed E-state index contributed by atoms with van der Waals surface area (Å²) in [7, 11) is 0. The molecule has 0 aliphatic heterocycles. The summed E-state index contributed by atoms with van der Waals surface area (Å²) in [6.07, 6.45) is 13.9. The first-order chi connectivity index (χ1) is 9.31. The summed E-state index contributed by atoms with van der Waals surface area (Å²) in [5.41, 5.74) is 5.23. The molecule has 1 nitrogen and oxygen atoms in total. The summed E-state index contributed by atoms with van der Waals surface area (Å²) in [6.45, 7) is 0.0137. The fourth-order valence-corrected chi connectivity index (χ4v) is 2.35. The van der Waals surface area contributed by atoms with E-state index in [1.165, 1.54) is 51.4 Å². The molecular formula is C16H33F2N. The van der Waals surface area contributed by atoms with E-state index >= 15 is 0 Å². The van der Waals surface area contributed by atoms with E-state index < -0.39 is 6.17 Å². The van der Waals surface area contributed by atoms with E-state index in [1.807, 2.05) is 0 Å². The van der Waals surface area contributed by atoms with Crippen LogP contribution < -0.4 is 5.73 Å². The van der Waals surface area contributed by atoms with Gasteiger partial charge in [0.1, 0.15) is 6.17 Å². The summed E-state index contributed by atoms with van der Waals surface area (Å²) < 4.78 is 24.6. The fraction of sp³-hybridized carbons (Fsp3) is 1.00.